The van der Waals surface area contributed by atoms with Crippen LogP contribution in [0.2, 0.25) is 0 Å². The second kappa shape index (κ2) is 9.91. The number of nitrogens with zero attached hydrogens (tertiary/aromatic N) is 2. The van der Waals surface area contributed by atoms with Gasteiger partial charge in [-0.05, 0) is 68.5 Å². The summed E-state index contributed by atoms with van der Waals surface area (Å²) >= 11 is 1.53. The fraction of sp³-hybridized carbons (Fsp3) is 0.440. The molecule has 2 heterocycles. The fourth-order valence-corrected chi connectivity index (χ4v) is 6.03. The highest BCUT2D eigenvalue weighted by Crippen LogP contribution is 2.31. The molecule has 1 atom stereocenters. The number of thiazole rings is 1. The van der Waals surface area contributed by atoms with Gasteiger partial charge in [-0.15, -0.1) is 0 Å². The van der Waals surface area contributed by atoms with Crippen LogP contribution in [-0.4, -0.2) is 43.8 Å². The SMILES string of the molecule is CCc1ccc2nc(N(CC3CCCO3)C(=O)Cc3ccc(S(=O)(=O)C(C)C)cc3)sc2c1. The summed E-state index contributed by atoms with van der Waals surface area (Å²) in [5, 5.41) is 0.192. The predicted octanol–water partition coefficient (Wildman–Crippen LogP) is 4.80. The van der Waals surface area contributed by atoms with E-state index in [2.05, 4.69) is 19.1 Å². The molecule has 1 amide bonds. The second-order valence-electron chi connectivity index (χ2n) is 8.71. The van der Waals surface area contributed by atoms with Crippen LogP contribution in [0.5, 0.6) is 0 Å². The van der Waals surface area contributed by atoms with E-state index in [0.717, 1.165) is 41.6 Å². The fourth-order valence-electron chi connectivity index (χ4n) is 3.91. The lowest BCUT2D eigenvalue weighted by Gasteiger charge is -2.23. The van der Waals surface area contributed by atoms with Gasteiger partial charge in [-0.2, -0.15) is 0 Å². The van der Waals surface area contributed by atoms with Gasteiger partial charge in [0, 0.05) is 6.61 Å². The smallest absolute Gasteiger partial charge is 0.233 e. The molecule has 0 radical (unpaired) electrons. The molecule has 0 N–H and O–H groups in total. The topological polar surface area (TPSA) is 76.6 Å². The van der Waals surface area contributed by atoms with E-state index in [0.29, 0.717) is 11.7 Å². The normalized spacial score (nSPS) is 16.5. The van der Waals surface area contributed by atoms with E-state index in [1.807, 2.05) is 6.07 Å². The molecule has 1 saturated heterocycles. The standard InChI is InChI=1S/C25H30N2O4S2/c1-4-18-9-12-22-23(14-18)32-25(26-22)27(16-20-6-5-13-31-20)24(28)15-19-7-10-21(11-8-19)33(29,30)17(2)3/h7-12,14,17,20H,4-6,13,15-16H2,1-3H3. The third kappa shape index (κ3) is 5.28. The summed E-state index contributed by atoms with van der Waals surface area (Å²) in [6.07, 6.45) is 3.05. The molecule has 4 rings (SSSR count). The van der Waals surface area contributed by atoms with Gasteiger partial charge in [-0.25, -0.2) is 13.4 Å². The highest BCUT2D eigenvalue weighted by Gasteiger charge is 2.26. The van der Waals surface area contributed by atoms with E-state index in [1.165, 1.54) is 16.9 Å². The number of carbonyl (C=O) groups is 1. The molecular weight excluding hydrogens is 456 g/mol. The summed E-state index contributed by atoms with van der Waals surface area (Å²) in [5.74, 6) is -0.0697. The quantitative estimate of drug-likeness (QED) is 0.457. The highest BCUT2D eigenvalue weighted by atomic mass is 32.2. The van der Waals surface area contributed by atoms with E-state index < -0.39 is 15.1 Å². The number of ether oxygens (including phenoxy) is 1. The summed E-state index contributed by atoms with van der Waals surface area (Å²) < 4.78 is 31.6. The molecule has 0 saturated carbocycles. The van der Waals surface area contributed by atoms with Gasteiger partial charge in [-0.1, -0.05) is 36.5 Å². The van der Waals surface area contributed by atoms with Gasteiger partial charge in [0.25, 0.3) is 0 Å². The summed E-state index contributed by atoms with van der Waals surface area (Å²) in [7, 11) is -3.34. The van der Waals surface area contributed by atoms with Crippen molar-refractivity contribution in [2.75, 3.05) is 18.1 Å². The number of hydrogen-bond donors (Lipinski definition) is 0. The molecule has 1 aromatic heterocycles. The largest absolute Gasteiger partial charge is 0.376 e. The Labute approximate surface area is 199 Å². The van der Waals surface area contributed by atoms with Crippen molar-refractivity contribution in [3.8, 4) is 0 Å². The maximum Gasteiger partial charge on any atom is 0.233 e. The molecule has 1 aliphatic heterocycles. The zero-order valence-electron chi connectivity index (χ0n) is 19.3. The molecule has 33 heavy (non-hydrogen) atoms. The predicted molar refractivity (Wildman–Crippen MR) is 133 cm³/mol. The number of sulfone groups is 1. The van der Waals surface area contributed by atoms with Crippen LogP contribution in [0.1, 0.15) is 44.7 Å². The number of benzene rings is 2. The zero-order chi connectivity index (χ0) is 23.6. The van der Waals surface area contributed by atoms with Crippen LogP contribution in [0.4, 0.5) is 5.13 Å². The van der Waals surface area contributed by atoms with Crippen LogP contribution >= 0.6 is 11.3 Å². The van der Waals surface area contributed by atoms with Crippen molar-refractivity contribution in [2.24, 2.45) is 0 Å². The van der Waals surface area contributed by atoms with Crippen molar-refractivity contribution in [1.29, 1.82) is 0 Å². The van der Waals surface area contributed by atoms with Gasteiger partial charge in [0.2, 0.25) is 5.91 Å². The Hall–Kier alpha value is -2.29. The molecule has 6 nitrogen and oxygen atoms in total. The molecule has 0 bridgehead atoms. The van der Waals surface area contributed by atoms with Gasteiger partial charge < -0.3 is 4.74 Å². The van der Waals surface area contributed by atoms with E-state index in [-0.39, 0.29) is 23.3 Å². The molecule has 1 aliphatic rings. The van der Waals surface area contributed by atoms with E-state index in [4.69, 9.17) is 9.72 Å². The Kier molecular flexibility index (Phi) is 7.16. The van der Waals surface area contributed by atoms with Gasteiger partial charge in [0.15, 0.2) is 15.0 Å². The van der Waals surface area contributed by atoms with E-state index >= 15 is 0 Å². The number of fused-ring (bicyclic) bond motifs is 1. The molecule has 1 unspecified atom stereocenters. The minimum absolute atomic E-state index is 0.00530. The van der Waals surface area contributed by atoms with Crippen LogP contribution in [0, 0.1) is 0 Å². The maximum atomic E-state index is 13.4. The molecule has 2 aromatic carbocycles. The summed E-state index contributed by atoms with van der Waals surface area (Å²) in [6.45, 7) is 6.64. The van der Waals surface area contributed by atoms with Gasteiger partial charge in [-0.3, -0.25) is 9.69 Å². The van der Waals surface area contributed by atoms with E-state index in [1.54, 1.807) is 43.0 Å². The number of aryl methyl sites for hydroxylation is 1. The zero-order valence-corrected chi connectivity index (χ0v) is 20.9. The van der Waals surface area contributed by atoms with Crippen molar-refractivity contribution in [2.45, 2.75) is 62.7 Å². The molecule has 1 fully saturated rings. The van der Waals surface area contributed by atoms with Crippen LogP contribution in [0.3, 0.4) is 0 Å². The van der Waals surface area contributed by atoms with Gasteiger partial charge in [0.05, 0.1) is 39.4 Å². The van der Waals surface area contributed by atoms with E-state index in [9.17, 15) is 13.2 Å². The Bertz CT molecular complexity index is 1230. The average Bonchev–Trinajstić information content (AvgIpc) is 3.46. The molecule has 8 heteroatoms. The molecule has 0 spiro atoms. The molecule has 0 aliphatic carbocycles. The number of amides is 1. The summed E-state index contributed by atoms with van der Waals surface area (Å²) in [6, 6.07) is 12.9. The lowest BCUT2D eigenvalue weighted by molar-refractivity contribution is -0.118. The van der Waals surface area contributed by atoms with Crippen LogP contribution in [-0.2, 0) is 32.2 Å². The summed E-state index contributed by atoms with van der Waals surface area (Å²) in [5.41, 5.74) is 2.90. The van der Waals surface area contributed by atoms with Crippen LogP contribution in [0.15, 0.2) is 47.4 Å². The van der Waals surface area contributed by atoms with Crippen molar-refractivity contribution in [3.05, 3.63) is 53.6 Å². The highest BCUT2D eigenvalue weighted by molar-refractivity contribution is 7.92. The van der Waals surface area contributed by atoms with Crippen molar-refractivity contribution < 1.29 is 17.9 Å². The third-order valence-corrected chi connectivity index (χ3v) is 9.23. The Morgan fingerprint density at radius 2 is 1.91 bits per heavy atom. The first kappa shape index (κ1) is 23.9. The Morgan fingerprint density at radius 3 is 2.55 bits per heavy atom. The van der Waals surface area contributed by atoms with Crippen LogP contribution < -0.4 is 4.90 Å². The molecular formula is C25H30N2O4S2. The van der Waals surface area contributed by atoms with Crippen molar-refractivity contribution >= 4 is 42.4 Å². The maximum absolute atomic E-state index is 13.4. The average molecular weight is 487 g/mol. The monoisotopic (exact) mass is 486 g/mol. The lowest BCUT2D eigenvalue weighted by Crippen LogP contribution is -2.38. The molecule has 3 aromatic rings. The first-order valence-electron chi connectivity index (χ1n) is 11.4. The van der Waals surface area contributed by atoms with Crippen LogP contribution in [0.25, 0.3) is 10.2 Å². The minimum Gasteiger partial charge on any atom is -0.376 e. The van der Waals surface area contributed by atoms with Gasteiger partial charge >= 0.3 is 0 Å². The molecule has 176 valence electrons. The summed E-state index contributed by atoms with van der Waals surface area (Å²) in [4.78, 5) is 20.2. The lowest BCUT2D eigenvalue weighted by atomic mass is 10.1. The Balaban J connectivity index is 1.58. The number of anilines is 1. The number of hydrogen-bond acceptors (Lipinski definition) is 6. The second-order valence-corrected chi connectivity index (χ2v) is 12.2. The van der Waals surface area contributed by atoms with Gasteiger partial charge in [0.1, 0.15) is 0 Å². The number of carbonyl (C=O) groups excluding carboxylic acids is 1. The number of rotatable bonds is 8. The first-order chi connectivity index (χ1) is 15.8. The third-order valence-electron chi connectivity index (χ3n) is 6.02. The number of aromatic nitrogens is 1. The minimum atomic E-state index is -3.34. The van der Waals surface area contributed by atoms with Crippen molar-refractivity contribution in [1.82, 2.24) is 4.98 Å². The first-order valence-corrected chi connectivity index (χ1v) is 13.8. The Morgan fingerprint density at radius 1 is 1.18 bits per heavy atom. The van der Waals surface area contributed by atoms with Crippen molar-refractivity contribution in [3.63, 3.8) is 0 Å².